The topological polar surface area (TPSA) is 307 Å². The molecule has 398 valence electrons. The number of amides is 1. The van der Waals surface area contributed by atoms with Crippen LogP contribution in [0.15, 0.2) is 24.3 Å². The van der Waals surface area contributed by atoms with Gasteiger partial charge in [0.25, 0.3) is 0 Å². The second kappa shape index (κ2) is 34.6. The van der Waals surface area contributed by atoms with Crippen LogP contribution in [0.1, 0.15) is 149 Å². The number of allylic oxidation sites excluding steroid dienone is 4. The molecule has 17 unspecified atom stereocenters. The molecule has 0 aromatic heterocycles. The lowest BCUT2D eigenvalue weighted by atomic mass is 9.96. The number of rotatable bonds is 35. The van der Waals surface area contributed by atoms with Gasteiger partial charge in [0.05, 0.1) is 38.6 Å². The maximum Gasteiger partial charge on any atom is 0.220 e. The highest BCUT2D eigenvalue weighted by Gasteiger charge is 2.53. The molecule has 3 saturated heterocycles. The van der Waals surface area contributed by atoms with Gasteiger partial charge in [0.15, 0.2) is 18.9 Å². The number of nitrogens with one attached hydrogen (secondary N) is 1. The van der Waals surface area contributed by atoms with Crippen molar-refractivity contribution in [1.82, 2.24) is 5.32 Å². The first-order chi connectivity index (χ1) is 32.8. The van der Waals surface area contributed by atoms with E-state index in [1.54, 1.807) is 0 Å². The number of ether oxygens (including phenoxy) is 6. The third-order valence-electron chi connectivity index (χ3n) is 13.0. The minimum Gasteiger partial charge on any atom is -0.394 e. The zero-order valence-corrected chi connectivity index (χ0v) is 40.6. The first-order valence-corrected chi connectivity index (χ1v) is 25.6. The fourth-order valence-electron chi connectivity index (χ4n) is 8.69. The molecule has 3 fully saturated rings. The lowest BCUT2D eigenvalue weighted by Crippen LogP contribution is -2.66. The average Bonchev–Trinajstić information content (AvgIpc) is 3.33. The van der Waals surface area contributed by atoms with E-state index in [-0.39, 0.29) is 18.9 Å². The van der Waals surface area contributed by atoms with Crippen molar-refractivity contribution >= 4 is 5.91 Å². The monoisotopic (exact) mass is 980 g/mol. The van der Waals surface area contributed by atoms with Gasteiger partial charge in [0, 0.05) is 6.42 Å². The fraction of sp³-hybridized carbons (Fsp3) is 0.898. The van der Waals surface area contributed by atoms with Gasteiger partial charge in [0.2, 0.25) is 5.91 Å². The van der Waals surface area contributed by atoms with Gasteiger partial charge in [-0.2, -0.15) is 0 Å². The van der Waals surface area contributed by atoms with Gasteiger partial charge in [0.1, 0.15) is 73.2 Å². The van der Waals surface area contributed by atoms with Crippen molar-refractivity contribution in [2.24, 2.45) is 0 Å². The molecule has 0 bridgehead atoms. The number of carbonyl (C=O) groups is 1. The number of hydrogen-bond acceptors (Lipinski definition) is 18. The molecule has 12 N–H and O–H groups in total. The molecule has 0 radical (unpaired) electrons. The molecular weight excluding hydrogens is 891 g/mol. The van der Waals surface area contributed by atoms with Crippen LogP contribution in [0, 0.1) is 0 Å². The Morgan fingerprint density at radius 1 is 0.529 bits per heavy atom. The molecule has 0 spiro atoms. The minimum atomic E-state index is -1.97. The predicted octanol–water partition coefficient (Wildman–Crippen LogP) is 1.64. The predicted molar refractivity (Wildman–Crippen MR) is 250 cm³/mol. The Balaban J connectivity index is 1.48. The second-order valence-corrected chi connectivity index (χ2v) is 18.6. The summed E-state index contributed by atoms with van der Waals surface area (Å²) in [5.41, 5.74) is 0. The molecule has 19 heteroatoms. The first-order valence-electron chi connectivity index (χ1n) is 25.6. The largest absolute Gasteiger partial charge is 0.394 e. The van der Waals surface area contributed by atoms with Crippen LogP contribution in [-0.4, -0.2) is 193 Å². The van der Waals surface area contributed by atoms with Crippen LogP contribution in [0.4, 0.5) is 0 Å². The number of unbranched alkanes of at least 4 members (excludes halogenated alkanes) is 15. The Labute approximate surface area is 403 Å². The summed E-state index contributed by atoms with van der Waals surface area (Å²) in [4.78, 5) is 13.1. The van der Waals surface area contributed by atoms with Crippen molar-refractivity contribution in [2.75, 3.05) is 26.4 Å². The smallest absolute Gasteiger partial charge is 0.220 e. The van der Waals surface area contributed by atoms with Crippen LogP contribution in [0.5, 0.6) is 0 Å². The Morgan fingerprint density at radius 3 is 1.51 bits per heavy atom. The van der Waals surface area contributed by atoms with E-state index in [9.17, 15) is 61.0 Å². The molecule has 68 heavy (non-hydrogen) atoms. The minimum absolute atomic E-state index is 0.256. The maximum atomic E-state index is 13.1. The molecular formula is C49H89NO18. The number of hydrogen-bond donors (Lipinski definition) is 12. The Kier molecular flexibility index (Phi) is 30.8. The lowest BCUT2D eigenvalue weighted by Gasteiger charge is -2.48. The van der Waals surface area contributed by atoms with E-state index in [2.05, 4.69) is 43.5 Å². The van der Waals surface area contributed by atoms with Crippen molar-refractivity contribution in [2.45, 2.75) is 253 Å². The molecule has 3 rings (SSSR count). The van der Waals surface area contributed by atoms with Crippen molar-refractivity contribution in [3.63, 3.8) is 0 Å². The molecule has 0 aromatic carbocycles. The summed E-state index contributed by atoms with van der Waals surface area (Å²) in [6.45, 7) is 1.62. The molecule has 3 aliphatic rings. The van der Waals surface area contributed by atoms with Crippen LogP contribution < -0.4 is 5.32 Å². The normalized spacial score (nSPS) is 33.3. The second-order valence-electron chi connectivity index (χ2n) is 18.6. The summed E-state index contributed by atoms with van der Waals surface area (Å²) in [5, 5.41) is 119. The van der Waals surface area contributed by atoms with E-state index in [0.29, 0.717) is 12.8 Å². The van der Waals surface area contributed by atoms with E-state index in [1.807, 2.05) is 0 Å². The quantitative estimate of drug-likeness (QED) is 0.0317. The average molecular weight is 980 g/mol. The van der Waals surface area contributed by atoms with Gasteiger partial charge in [-0.3, -0.25) is 4.79 Å². The summed E-state index contributed by atoms with van der Waals surface area (Å²) < 4.78 is 34.0. The third-order valence-corrected chi connectivity index (χ3v) is 13.0. The fourth-order valence-corrected chi connectivity index (χ4v) is 8.69. The molecule has 0 aliphatic carbocycles. The number of aliphatic hydroxyl groups is 11. The highest BCUT2D eigenvalue weighted by molar-refractivity contribution is 5.76. The molecule has 1 amide bonds. The Bertz CT molecular complexity index is 1360. The Morgan fingerprint density at radius 2 is 0.971 bits per heavy atom. The SMILES string of the molecule is CCCCCC/C=C\C/C=C\CCCCCCCCCC(=O)NC(COC1OC(CO)C(OC2OC(CO)C(OC3OC(CO)C(O)C(O)C3O)C(O)C2O)C(O)C1O)C(O)CCCCCCC. The van der Waals surface area contributed by atoms with Crippen molar-refractivity contribution < 1.29 is 89.4 Å². The van der Waals surface area contributed by atoms with Crippen LogP contribution in [0.3, 0.4) is 0 Å². The zero-order valence-electron chi connectivity index (χ0n) is 40.6. The number of carbonyl (C=O) groups excluding carboxylic acids is 1. The van der Waals surface area contributed by atoms with E-state index in [1.165, 1.54) is 38.5 Å². The molecule has 3 heterocycles. The summed E-state index contributed by atoms with van der Waals surface area (Å²) in [7, 11) is 0. The summed E-state index contributed by atoms with van der Waals surface area (Å²) >= 11 is 0. The van der Waals surface area contributed by atoms with Crippen molar-refractivity contribution in [3.8, 4) is 0 Å². The van der Waals surface area contributed by atoms with E-state index in [0.717, 1.165) is 77.0 Å². The lowest BCUT2D eigenvalue weighted by molar-refractivity contribution is -0.379. The van der Waals surface area contributed by atoms with Gasteiger partial charge >= 0.3 is 0 Å². The summed E-state index contributed by atoms with van der Waals surface area (Å²) in [6, 6.07) is -0.885. The Hall–Kier alpha value is -1.73. The molecule has 3 aliphatic heterocycles. The summed E-state index contributed by atoms with van der Waals surface area (Å²) in [5.74, 6) is -0.260. The van der Waals surface area contributed by atoms with E-state index in [4.69, 9.17) is 28.4 Å². The van der Waals surface area contributed by atoms with Crippen LogP contribution in [0.2, 0.25) is 0 Å². The standard InChI is InChI=1S/C49H89NO18/c1-3-5-7-9-10-11-12-13-14-15-16-17-18-19-20-21-23-25-27-37(55)50-32(33(54)26-24-22-8-6-4-2)31-63-47-43(61)40(58)45(35(29-52)65-47)68-49-44(62)41(59)46(36(30-53)66-49)67-48-42(60)39(57)38(56)34(28-51)64-48/h11-12,14-15,32-36,38-49,51-54,56-62H,3-10,13,16-31H2,1-2H3,(H,50,55)/b12-11-,15-14-. The molecule has 19 nitrogen and oxygen atoms in total. The summed E-state index contributed by atoms with van der Waals surface area (Å²) in [6.07, 6.45) is 3.50. The molecule has 17 atom stereocenters. The van der Waals surface area contributed by atoms with Gasteiger partial charge < -0.3 is 89.9 Å². The van der Waals surface area contributed by atoms with E-state index < -0.39 is 124 Å². The highest BCUT2D eigenvalue weighted by Crippen LogP contribution is 2.33. The number of aliphatic hydroxyl groups excluding tert-OH is 11. The van der Waals surface area contributed by atoms with Crippen molar-refractivity contribution in [1.29, 1.82) is 0 Å². The van der Waals surface area contributed by atoms with Crippen LogP contribution in [0.25, 0.3) is 0 Å². The molecule has 0 saturated carbocycles. The zero-order chi connectivity index (χ0) is 49.8. The maximum absolute atomic E-state index is 13.1. The van der Waals surface area contributed by atoms with Crippen LogP contribution >= 0.6 is 0 Å². The molecule has 0 aromatic rings. The first kappa shape index (κ1) is 60.6. The van der Waals surface area contributed by atoms with Gasteiger partial charge in [-0.1, -0.05) is 122 Å². The van der Waals surface area contributed by atoms with E-state index >= 15 is 0 Å². The highest BCUT2D eigenvalue weighted by atomic mass is 16.8. The van der Waals surface area contributed by atoms with Gasteiger partial charge in [-0.25, -0.2) is 0 Å². The van der Waals surface area contributed by atoms with Crippen LogP contribution in [-0.2, 0) is 33.2 Å². The van der Waals surface area contributed by atoms with Gasteiger partial charge in [-0.15, -0.1) is 0 Å². The third kappa shape index (κ3) is 20.4. The van der Waals surface area contributed by atoms with Crippen molar-refractivity contribution in [3.05, 3.63) is 24.3 Å². The van der Waals surface area contributed by atoms with Gasteiger partial charge in [-0.05, 0) is 44.9 Å².